The summed E-state index contributed by atoms with van der Waals surface area (Å²) >= 11 is 1.78. The van der Waals surface area contributed by atoms with Crippen molar-refractivity contribution < 1.29 is 0 Å². The van der Waals surface area contributed by atoms with Gasteiger partial charge in [-0.2, -0.15) is 5.26 Å². The lowest BCUT2D eigenvalue weighted by Gasteiger charge is -2.31. The third-order valence-corrected chi connectivity index (χ3v) is 3.81. The molecule has 0 aliphatic heterocycles. The van der Waals surface area contributed by atoms with Crippen LogP contribution in [-0.4, -0.2) is 6.54 Å². The second-order valence-electron chi connectivity index (χ2n) is 3.66. The molecular weight excluding hydrogens is 192 g/mol. The number of thiophene rings is 1. The number of fused-ring (bicyclic) bond motifs is 1. The monoisotopic (exact) mass is 206 g/mol. The quantitative estimate of drug-likeness (QED) is 0.806. The average Bonchev–Trinajstić information content (AvgIpc) is 2.67. The number of nitrogens with zero attached hydrogens (tertiary/aromatic N) is 1. The smallest absolute Gasteiger partial charge is 0.133 e. The number of nitriles is 1. The van der Waals surface area contributed by atoms with Gasteiger partial charge in [-0.3, -0.25) is 5.32 Å². The standard InChI is InChI=1S/C11H14N2S/c1-2-13-11(8-12)6-3-4-10-9(11)5-7-14-10/h5,7,13H,2-4,6H2,1H3. The first kappa shape index (κ1) is 9.70. The highest BCUT2D eigenvalue weighted by molar-refractivity contribution is 7.10. The number of rotatable bonds is 2. The highest BCUT2D eigenvalue weighted by atomic mass is 32.1. The highest BCUT2D eigenvalue weighted by Gasteiger charge is 2.36. The second kappa shape index (κ2) is 3.72. The van der Waals surface area contributed by atoms with Crippen molar-refractivity contribution in [2.75, 3.05) is 6.54 Å². The summed E-state index contributed by atoms with van der Waals surface area (Å²) in [5.41, 5.74) is 0.820. The first-order chi connectivity index (χ1) is 6.82. The Balaban J connectivity index is 2.43. The van der Waals surface area contributed by atoms with Crippen LogP contribution in [0.5, 0.6) is 0 Å². The molecule has 1 aromatic rings. The molecule has 0 spiro atoms. The summed E-state index contributed by atoms with van der Waals surface area (Å²) in [6.07, 6.45) is 3.21. The van der Waals surface area contributed by atoms with Crippen LogP contribution < -0.4 is 5.32 Å². The van der Waals surface area contributed by atoms with Gasteiger partial charge in [0.1, 0.15) is 5.54 Å². The molecule has 0 saturated carbocycles. The van der Waals surface area contributed by atoms with Gasteiger partial charge >= 0.3 is 0 Å². The molecule has 0 saturated heterocycles. The zero-order valence-corrected chi connectivity index (χ0v) is 9.16. The van der Waals surface area contributed by atoms with Crippen LogP contribution in [0.25, 0.3) is 0 Å². The van der Waals surface area contributed by atoms with Crippen molar-refractivity contribution in [2.45, 2.75) is 31.7 Å². The Labute approximate surface area is 88.6 Å². The topological polar surface area (TPSA) is 35.8 Å². The summed E-state index contributed by atoms with van der Waals surface area (Å²) in [5.74, 6) is 0. The molecule has 0 fully saturated rings. The zero-order valence-electron chi connectivity index (χ0n) is 8.34. The molecule has 2 rings (SSSR count). The van der Waals surface area contributed by atoms with Crippen molar-refractivity contribution in [1.29, 1.82) is 5.26 Å². The van der Waals surface area contributed by atoms with Crippen LogP contribution in [0.2, 0.25) is 0 Å². The molecule has 74 valence electrons. The van der Waals surface area contributed by atoms with Crippen LogP contribution in [-0.2, 0) is 12.0 Å². The lowest BCUT2D eigenvalue weighted by molar-refractivity contribution is 0.378. The van der Waals surface area contributed by atoms with Crippen LogP contribution in [0.1, 0.15) is 30.2 Å². The van der Waals surface area contributed by atoms with Gasteiger partial charge < -0.3 is 0 Å². The SMILES string of the molecule is CCNC1(C#N)CCCc2sccc21. The first-order valence-corrected chi connectivity index (χ1v) is 5.93. The van der Waals surface area contributed by atoms with Crippen LogP contribution in [0, 0.1) is 11.3 Å². The predicted molar refractivity (Wildman–Crippen MR) is 58.2 cm³/mol. The number of nitrogens with one attached hydrogen (secondary N) is 1. The van der Waals surface area contributed by atoms with Gasteiger partial charge in [0, 0.05) is 10.4 Å². The molecule has 14 heavy (non-hydrogen) atoms. The molecule has 3 heteroatoms. The molecule has 1 atom stereocenters. The molecular formula is C11H14N2S. The maximum atomic E-state index is 9.33. The normalized spacial score (nSPS) is 25.4. The molecule has 1 heterocycles. The van der Waals surface area contributed by atoms with Gasteiger partial charge in [0.25, 0.3) is 0 Å². The van der Waals surface area contributed by atoms with Crippen molar-refractivity contribution >= 4 is 11.3 Å². The van der Waals surface area contributed by atoms with E-state index in [1.807, 2.05) is 0 Å². The van der Waals surface area contributed by atoms with Gasteiger partial charge in [0.2, 0.25) is 0 Å². The van der Waals surface area contributed by atoms with Crippen molar-refractivity contribution in [3.05, 3.63) is 21.9 Å². The van der Waals surface area contributed by atoms with E-state index >= 15 is 0 Å². The third-order valence-electron chi connectivity index (χ3n) is 2.83. The molecule has 1 aromatic heterocycles. The van der Waals surface area contributed by atoms with E-state index in [1.54, 1.807) is 11.3 Å². The summed E-state index contributed by atoms with van der Waals surface area (Å²) in [6, 6.07) is 4.56. The summed E-state index contributed by atoms with van der Waals surface area (Å²) < 4.78 is 0. The van der Waals surface area contributed by atoms with E-state index in [4.69, 9.17) is 0 Å². The molecule has 1 N–H and O–H groups in total. The maximum absolute atomic E-state index is 9.33. The Hall–Kier alpha value is -0.850. The fraction of sp³-hybridized carbons (Fsp3) is 0.545. The molecule has 0 amide bonds. The number of hydrogen-bond acceptors (Lipinski definition) is 3. The fourth-order valence-corrected chi connectivity index (χ4v) is 3.20. The van der Waals surface area contributed by atoms with Gasteiger partial charge in [-0.05, 0) is 37.3 Å². The summed E-state index contributed by atoms with van der Waals surface area (Å²) in [7, 11) is 0. The van der Waals surface area contributed by atoms with Crippen molar-refractivity contribution in [1.82, 2.24) is 5.32 Å². The summed E-state index contributed by atoms with van der Waals surface area (Å²) in [5, 5.41) is 14.8. The van der Waals surface area contributed by atoms with Gasteiger partial charge in [-0.1, -0.05) is 6.92 Å². The second-order valence-corrected chi connectivity index (χ2v) is 4.66. The van der Waals surface area contributed by atoms with Crippen LogP contribution in [0.3, 0.4) is 0 Å². The van der Waals surface area contributed by atoms with E-state index in [0.29, 0.717) is 0 Å². The van der Waals surface area contributed by atoms with Gasteiger partial charge in [0.05, 0.1) is 6.07 Å². The average molecular weight is 206 g/mol. The van der Waals surface area contributed by atoms with E-state index < -0.39 is 5.54 Å². The summed E-state index contributed by atoms with van der Waals surface area (Å²) in [4.78, 5) is 1.39. The lowest BCUT2D eigenvalue weighted by atomic mass is 9.81. The minimum Gasteiger partial charge on any atom is -0.296 e. The predicted octanol–water partition coefficient (Wildman–Crippen LogP) is 2.41. The van der Waals surface area contributed by atoms with Gasteiger partial charge in [-0.25, -0.2) is 0 Å². The molecule has 1 unspecified atom stereocenters. The van der Waals surface area contributed by atoms with E-state index in [1.165, 1.54) is 10.4 Å². The van der Waals surface area contributed by atoms with Crippen molar-refractivity contribution in [2.24, 2.45) is 0 Å². The minimum atomic E-state index is -0.400. The Kier molecular flexibility index (Phi) is 2.58. The Morgan fingerprint density at radius 3 is 3.29 bits per heavy atom. The van der Waals surface area contributed by atoms with Crippen LogP contribution in [0.4, 0.5) is 0 Å². The summed E-state index contributed by atoms with van der Waals surface area (Å²) in [6.45, 7) is 2.91. The largest absolute Gasteiger partial charge is 0.296 e. The minimum absolute atomic E-state index is 0.400. The highest BCUT2D eigenvalue weighted by Crippen LogP contribution is 2.37. The molecule has 1 aliphatic carbocycles. The molecule has 2 nitrogen and oxygen atoms in total. The Morgan fingerprint density at radius 2 is 2.57 bits per heavy atom. The zero-order chi connectivity index (χ0) is 10.0. The van der Waals surface area contributed by atoms with E-state index in [-0.39, 0.29) is 0 Å². The van der Waals surface area contributed by atoms with E-state index in [9.17, 15) is 5.26 Å². The number of hydrogen-bond donors (Lipinski definition) is 1. The first-order valence-electron chi connectivity index (χ1n) is 5.05. The van der Waals surface area contributed by atoms with E-state index in [2.05, 4.69) is 29.8 Å². The fourth-order valence-electron chi connectivity index (χ4n) is 2.20. The Bertz CT molecular complexity index is 364. The van der Waals surface area contributed by atoms with Crippen LogP contribution in [0.15, 0.2) is 11.4 Å². The lowest BCUT2D eigenvalue weighted by Crippen LogP contribution is -2.43. The van der Waals surface area contributed by atoms with Crippen molar-refractivity contribution in [3.8, 4) is 6.07 Å². The van der Waals surface area contributed by atoms with E-state index in [0.717, 1.165) is 25.8 Å². The molecule has 0 bridgehead atoms. The van der Waals surface area contributed by atoms with Gasteiger partial charge in [-0.15, -0.1) is 11.3 Å². The molecule has 1 aliphatic rings. The molecule has 0 aromatic carbocycles. The van der Waals surface area contributed by atoms with Gasteiger partial charge in [0.15, 0.2) is 0 Å². The maximum Gasteiger partial charge on any atom is 0.133 e. The third kappa shape index (κ3) is 1.35. The molecule has 0 radical (unpaired) electrons. The van der Waals surface area contributed by atoms with Crippen LogP contribution >= 0.6 is 11.3 Å². The number of aryl methyl sites for hydroxylation is 1. The van der Waals surface area contributed by atoms with Crippen molar-refractivity contribution in [3.63, 3.8) is 0 Å². The Morgan fingerprint density at radius 1 is 1.71 bits per heavy atom.